The highest BCUT2D eigenvalue weighted by Gasteiger charge is 2.41. The van der Waals surface area contributed by atoms with Crippen LogP contribution in [0.4, 0.5) is 5.82 Å². The van der Waals surface area contributed by atoms with Gasteiger partial charge in [0, 0.05) is 36.8 Å². The maximum Gasteiger partial charge on any atom is 0.222 e. The van der Waals surface area contributed by atoms with Crippen LogP contribution in [0.5, 0.6) is 0 Å². The van der Waals surface area contributed by atoms with Crippen molar-refractivity contribution in [3.8, 4) is 11.4 Å². The Balaban J connectivity index is 1.68. The average molecular weight is 350 g/mol. The molecule has 0 saturated carbocycles. The van der Waals surface area contributed by atoms with E-state index < -0.39 is 0 Å². The van der Waals surface area contributed by atoms with Crippen molar-refractivity contribution in [2.24, 2.45) is 0 Å². The second-order valence-corrected chi connectivity index (χ2v) is 7.25. The van der Waals surface area contributed by atoms with Crippen molar-refractivity contribution in [1.82, 2.24) is 14.9 Å². The summed E-state index contributed by atoms with van der Waals surface area (Å²) in [7, 11) is 0. The second-order valence-electron chi connectivity index (χ2n) is 7.25. The van der Waals surface area contributed by atoms with Crippen LogP contribution in [0.25, 0.3) is 11.4 Å². The number of carbonyl (C=O) groups excluding carboxylic acids is 1. The van der Waals surface area contributed by atoms with Gasteiger partial charge in [0.1, 0.15) is 5.82 Å². The summed E-state index contributed by atoms with van der Waals surface area (Å²) in [5.74, 6) is 2.08. The third kappa shape index (κ3) is 3.06. The zero-order valence-electron chi connectivity index (χ0n) is 15.6. The molecule has 5 nitrogen and oxygen atoms in total. The van der Waals surface area contributed by atoms with Gasteiger partial charge in [-0.1, -0.05) is 30.3 Å². The average Bonchev–Trinajstić information content (AvgIpc) is 2.99. The van der Waals surface area contributed by atoms with E-state index in [1.54, 1.807) is 0 Å². The Morgan fingerprint density at radius 1 is 1.12 bits per heavy atom. The van der Waals surface area contributed by atoms with E-state index in [1.165, 1.54) is 0 Å². The van der Waals surface area contributed by atoms with Gasteiger partial charge in [0.2, 0.25) is 5.91 Å². The number of aryl methyl sites for hydroxylation is 1. The van der Waals surface area contributed by atoms with Crippen LogP contribution in [0.1, 0.15) is 38.3 Å². The number of nitrogens with zero attached hydrogens (tertiary/aromatic N) is 4. The van der Waals surface area contributed by atoms with Crippen LogP contribution in [0.3, 0.4) is 0 Å². The Hall–Kier alpha value is -2.43. The van der Waals surface area contributed by atoms with Crippen molar-refractivity contribution in [3.05, 3.63) is 42.1 Å². The van der Waals surface area contributed by atoms with Crippen LogP contribution in [0, 0.1) is 6.92 Å². The lowest BCUT2D eigenvalue weighted by molar-refractivity contribution is -0.132. The van der Waals surface area contributed by atoms with E-state index in [0.29, 0.717) is 24.4 Å². The van der Waals surface area contributed by atoms with Crippen molar-refractivity contribution in [2.45, 2.75) is 51.6 Å². The summed E-state index contributed by atoms with van der Waals surface area (Å²) in [6, 6.07) is 12.9. The number of hydrogen-bond acceptors (Lipinski definition) is 4. The zero-order chi connectivity index (χ0) is 18.1. The van der Waals surface area contributed by atoms with E-state index in [1.807, 2.05) is 25.1 Å². The molecule has 0 spiro atoms. The number of aromatic nitrogens is 2. The fraction of sp³-hybridized carbons (Fsp3) is 0.476. The lowest BCUT2D eigenvalue weighted by Gasteiger charge is -2.33. The summed E-state index contributed by atoms with van der Waals surface area (Å²) in [6.45, 7) is 5.86. The van der Waals surface area contributed by atoms with E-state index in [0.717, 1.165) is 55.3 Å². The van der Waals surface area contributed by atoms with Crippen molar-refractivity contribution >= 4 is 11.7 Å². The highest BCUT2D eigenvalue weighted by Crippen LogP contribution is 2.34. The molecule has 1 amide bonds. The first kappa shape index (κ1) is 17.0. The quantitative estimate of drug-likeness (QED) is 0.851. The minimum Gasteiger partial charge on any atom is -0.351 e. The molecule has 2 fully saturated rings. The maximum atomic E-state index is 12.4. The molecule has 0 N–H and O–H groups in total. The predicted octanol–water partition coefficient (Wildman–Crippen LogP) is 3.43. The van der Waals surface area contributed by atoms with Gasteiger partial charge < -0.3 is 9.80 Å². The Morgan fingerprint density at radius 3 is 2.69 bits per heavy atom. The van der Waals surface area contributed by atoms with Crippen LogP contribution in [0.15, 0.2) is 36.4 Å². The molecule has 1 aromatic heterocycles. The van der Waals surface area contributed by atoms with E-state index in [2.05, 4.69) is 39.9 Å². The molecular weight excluding hydrogens is 324 g/mol. The largest absolute Gasteiger partial charge is 0.351 e. The van der Waals surface area contributed by atoms with E-state index in [-0.39, 0.29) is 0 Å². The Kier molecular flexibility index (Phi) is 4.62. The Bertz CT molecular complexity index is 792. The normalized spacial score (nSPS) is 23.1. The molecule has 2 aliphatic heterocycles. The molecule has 5 heteroatoms. The predicted molar refractivity (Wildman–Crippen MR) is 103 cm³/mol. The van der Waals surface area contributed by atoms with Gasteiger partial charge in [-0.15, -0.1) is 0 Å². The first-order valence-corrected chi connectivity index (χ1v) is 9.64. The lowest BCUT2D eigenvalue weighted by Crippen LogP contribution is -2.46. The minimum absolute atomic E-state index is 0.311. The minimum atomic E-state index is 0.311. The molecule has 2 atom stereocenters. The first-order valence-electron chi connectivity index (χ1n) is 9.64. The maximum absolute atomic E-state index is 12.4. The number of fused-ring (bicyclic) bond motifs is 1. The topological polar surface area (TPSA) is 49.3 Å². The van der Waals surface area contributed by atoms with Gasteiger partial charge in [0.15, 0.2) is 5.82 Å². The van der Waals surface area contributed by atoms with E-state index in [9.17, 15) is 4.79 Å². The zero-order valence-corrected chi connectivity index (χ0v) is 15.6. The van der Waals surface area contributed by atoms with Gasteiger partial charge >= 0.3 is 0 Å². The summed E-state index contributed by atoms with van der Waals surface area (Å²) in [5.41, 5.74) is 2.02. The Labute approximate surface area is 155 Å². The van der Waals surface area contributed by atoms with Crippen LogP contribution in [0.2, 0.25) is 0 Å². The van der Waals surface area contributed by atoms with Crippen LogP contribution < -0.4 is 4.90 Å². The van der Waals surface area contributed by atoms with Crippen molar-refractivity contribution < 1.29 is 4.79 Å². The molecule has 2 aromatic rings. The molecule has 136 valence electrons. The standard InChI is InChI=1S/C21H26N4O/c1-3-24-18-12-13-25(17(18)10-7-11-20(24)26)19-14-15(2)22-21(23-19)16-8-5-4-6-9-16/h4-6,8-9,14,17-18H,3,7,10-13H2,1-2H3/t17-,18-/m1/s1. The van der Waals surface area contributed by atoms with Gasteiger partial charge in [-0.05, 0) is 33.1 Å². The lowest BCUT2D eigenvalue weighted by atomic mass is 10.0. The summed E-state index contributed by atoms with van der Waals surface area (Å²) < 4.78 is 0. The molecule has 2 saturated heterocycles. The van der Waals surface area contributed by atoms with Crippen LogP contribution >= 0.6 is 0 Å². The second kappa shape index (κ2) is 7.06. The first-order chi connectivity index (χ1) is 12.7. The highest BCUT2D eigenvalue weighted by molar-refractivity contribution is 5.77. The molecule has 0 unspecified atom stereocenters. The number of carbonyl (C=O) groups is 1. The monoisotopic (exact) mass is 350 g/mol. The molecular formula is C21H26N4O. The summed E-state index contributed by atoms with van der Waals surface area (Å²) in [6.07, 6.45) is 3.71. The molecule has 26 heavy (non-hydrogen) atoms. The summed E-state index contributed by atoms with van der Waals surface area (Å²) in [5, 5.41) is 0. The third-order valence-corrected chi connectivity index (χ3v) is 5.63. The summed E-state index contributed by atoms with van der Waals surface area (Å²) >= 11 is 0. The number of benzene rings is 1. The number of hydrogen-bond donors (Lipinski definition) is 0. The summed E-state index contributed by atoms with van der Waals surface area (Å²) in [4.78, 5) is 26.4. The fourth-order valence-electron chi connectivity index (χ4n) is 4.45. The molecule has 0 radical (unpaired) electrons. The van der Waals surface area contributed by atoms with Gasteiger partial charge in [-0.2, -0.15) is 0 Å². The molecule has 4 rings (SSSR count). The number of amides is 1. The van der Waals surface area contributed by atoms with E-state index >= 15 is 0 Å². The smallest absolute Gasteiger partial charge is 0.222 e. The van der Waals surface area contributed by atoms with Crippen LogP contribution in [-0.4, -0.2) is 45.9 Å². The van der Waals surface area contributed by atoms with Gasteiger partial charge in [-0.25, -0.2) is 9.97 Å². The molecule has 1 aromatic carbocycles. The molecule has 3 heterocycles. The molecule has 2 aliphatic rings. The number of rotatable bonds is 3. The van der Waals surface area contributed by atoms with Crippen LogP contribution in [-0.2, 0) is 4.79 Å². The third-order valence-electron chi connectivity index (χ3n) is 5.63. The SMILES string of the molecule is CCN1C(=O)CCC[C@@H]2[C@H]1CCN2c1cc(C)nc(-c2ccccc2)n1. The van der Waals surface area contributed by atoms with Gasteiger partial charge in [0.05, 0.1) is 12.1 Å². The van der Waals surface area contributed by atoms with E-state index in [4.69, 9.17) is 4.98 Å². The van der Waals surface area contributed by atoms with Crippen molar-refractivity contribution in [1.29, 1.82) is 0 Å². The number of anilines is 1. The van der Waals surface area contributed by atoms with Crippen molar-refractivity contribution in [2.75, 3.05) is 18.0 Å². The number of likely N-dealkylation sites (N-methyl/N-ethyl adjacent to an activating group) is 1. The van der Waals surface area contributed by atoms with Crippen molar-refractivity contribution in [3.63, 3.8) is 0 Å². The highest BCUT2D eigenvalue weighted by atomic mass is 16.2. The van der Waals surface area contributed by atoms with Gasteiger partial charge in [-0.3, -0.25) is 4.79 Å². The molecule has 0 aliphatic carbocycles. The number of likely N-dealkylation sites (tertiary alicyclic amines) is 1. The Morgan fingerprint density at radius 2 is 1.92 bits per heavy atom. The fourth-order valence-corrected chi connectivity index (χ4v) is 4.45. The van der Waals surface area contributed by atoms with Gasteiger partial charge in [0.25, 0.3) is 0 Å². The molecule has 0 bridgehead atoms.